The van der Waals surface area contributed by atoms with E-state index in [2.05, 4.69) is 19.2 Å². The van der Waals surface area contributed by atoms with Crippen molar-refractivity contribution < 1.29 is 10.0 Å². The first kappa shape index (κ1) is 16.6. The molecule has 0 bridgehead atoms. The van der Waals surface area contributed by atoms with Gasteiger partial charge in [-0.25, -0.2) is 0 Å². The van der Waals surface area contributed by atoms with Crippen molar-refractivity contribution in [2.45, 2.75) is 45.8 Å². The van der Waals surface area contributed by atoms with Crippen LogP contribution in [0.15, 0.2) is 24.3 Å². The molecular formula is C15H24N2O3. The average molecular weight is 280 g/mol. The van der Waals surface area contributed by atoms with Crippen LogP contribution in [0.25, 0.3) is 0 Å². The zero-order valence-corrected chi connectivity index (χ0v) is 12.4. The van der Waals surface area contributed by atoms with Gasteiger partial charge in [-0.1, -0.05) is 26.0 Å². The Bertz CT molecular complexity index is 427. The highest BCUT2D eigenvalue weighted by molar-refractivity contribution is 5.32. The van der Waals surface area contributed by atoms with E-state index in [0.29, 0.717) is 19.0 Å². The number of rotatable bonds is 8. The molecule has 5 heteroatoms. The Morgan fingerprint density at radius 3 is 2.45 bits per heavy atom. The van der Waals surface area contributed by atoms with Crippen molar-refractivity contribution in [2.24, 2.45) is 5.92 Å². The quantitative estimate of drug-likeness (QED) is 0.567. The molecule has 0 aliphatic carbocycles. The van der Waals surface area contributed by atoms with Gasteiger partial charge >= 0.3 is 0 Å². The topological polar surface area (TPSA) is 75.4 Å². The van der Waals surface area contributed by atoms with Crippen molar-refractivity contribution >= 4 is 5.69 Å². The average Bonchev–Trinajstić information content (AvgIpc) is 2.37. The summed E-state index contributed by atoms with van der Waals surface area (Å²) in [7, 11) is 0. The van der Waals surface area contributed by atoms with Crippen LogP contribution >= 0.6 is 0 Å². The molecule has 5 nitrogen and oxygen atoms in total. The number of nitro groups is 1. The third-order valence-electron chi connectivity index (χ3n) is 3.24. The second kappa shape index (κ2) is 7.36. The van der Waals surface area contributed by atoms with E-state index < -0.39 is 10.5 Å². The third kappa shape index (κ3) is 6.12. The Labute approximate surface area is 120 Å². The summed E-state index contributed by atoms with van der Waals surface area (Å²) in [4.78, 5) is 10.1. The minimum Gasteiger partial charge on any atom is -0.389 e. The maximum absolute atomic E-state index is 10.5. The van der Waals surface area contributed by atoms with Crippen molar-refractivity contribution in [3.63, 3.8) is 0 Å². The standard InChI is InChI=1S/C15H24N2O3/c1-12(2)8-9-15(3,18)11-16-10-13-4-6-14(7-5-13)17(19)20/h4-7,12,16,18H,8-11H2,1-3H3. The number of aliphatic hydroxyl groups is 1. The zero-order valence-electron chi connectivity index (χ0n) is 12.4. The molecular weight excluding hydrogens is 256 g/mol. The van der Waals surface area contributed by atoms with Crippen LogP contribution in [0.2, 0.25) is 0 Å². The van der Waals surface area contributed by atoms with Gasteiger partial charge in [-0.2, -0.15) is 0 Å². The smallest absolute Gasteiger partial charge is 0.269 e. The molecule has 0 radical (unpaired) electrons. The van der Waals surface area contributed by atoms with Gasteiger partial charge in [-0.15, -0.1) is 0 Å². The fourth-order valence-corrected chi connectivity index (χ4v) is 1.90. The van der Waals surface area contributed by atoms with Crippen LogP contribution in [0, 0.1) is 16.0 Å². The summed E-state index contributed by atoms with van der Waals surface area (Å²) in [5.74, 6) is 0.580. The van der Waals surface area contributed by atoms with Gasteiger partial charge in [0.2, 0.25) is 0 Å². The predicted molar refractivity (Wildman–Crippen MR) is 79.5 cm³/mol. The predicted octanol–water partition coefficient (Wildman–Crippen LogP) is 2.87. The maximum Gasteiger partial charge on any atom is 0.269 e. The van der Waals surface area contributed by atoms with Crippen LogP contribution in [-0.4, -0.2) is 22.2 Å². The van der Waals surface area contributed by atoms with Gasteiger partial charge in [0.1, 0.15) is 0 Å². The normalized spacial score (nSPS) is 14.2. The van der Waals surface area contributed by atoms with Gasteiger partial charge in [-0.05, 0) is 31.2 Å². The lowest BCUT2D eigenvalue weighted by Crippen LogP contribution is -2.37. The highest BCUT2D eigenvalue weighted by atomic mass is 16.6. The highest BCUT2D eigenvalue weighted by Crippen LogP contribution is 2.16. The lowest BCUT2D eigenvalue weighted by atomic mass is 9.95. The molecule has 0 spiro atoms. The zero-order chi connectivity index (χ0) is 15.2. The lowest BCUT2D eigenvalue weighted by molar-refractivity contribution is -0.384. The van der Waals surface area contributed by atoms with Crippen LogP contribution in [0.4, 0.5) is 5.69 Å². The molecule has 1 unspecified atom stereocenters. The van der Waals surface area contributed by atoms with E-state index in [4.69, 9.17) is 0 Å². The maximum atomic E-state index is 10.5. The van der Waals surface area contributed by atoms with Crippen LogP contribution in [0.5, 0.6) is 0 Å². The fraction of sp³-hybridized carbons (Fsp3) is 0.600. The van der Waals surface area contributed by atoms with Crippen LogP contribution in [0.1, 0.15) is 39.2 Å². The van der Waals surface area contributed by atoms with Crippen LogP contribution in [-0.2, 0) is 6.54 Å². The van der Waals surface area contributed by atoms with E-state index in [1.54, 1.807) is 12.1 Å². The Hall–Kier alpha value is -1.46. The molecule has 0 fully saturated rings. The second-order valence-corrected chi connectivity index (χ2v) is 5.96. The largest absolute Gasteiger partial charge is 0.389 e. The minimum absolute atomic E-state index is 0.0951. The van der Waals surface area contributed by atoms with E-state index in [9.17, 15) is 15.2 Å². The summed E-state index contributed by atoms with van der Waals surface area (Å²) in [5, 5.41) is 23.9. The summed E-state index contributed by atoms with van der Waals surface area (Å²) in [6, 6.07) is 6.45. The van der Waals surface area contributed by atoms with Gasteiger partial charge in [-0.3, -0.25) is 10.1 Å². The monoisotopic (exact) mass is 280 g/mol. The third-order valence-corrected chi connectivity index (χ3v) is 3.24. The van der Waals surface area contributed by atoms with Crippen LogP contribution < -0.4 is 5.32 Å². The molecule has 112 valence electrons. The number of non-ortho nitro benzene ring substituents is 1. The van der Waals surface area contributed by atoms with Crippen molar-refractivity contribution in [1.82, 2.24) is 5.32 Å². The highest BCUT2D eigenvalue weighted by Gasteiger charge is 2.19. The van der Waals surface area contributed by atoms with E-state index in [1.807, 2.05) is 6.92 Å². The number of nitrogens with one attached hydrogen (secondary N) is 1. The molecule has 1 aromatic carbocycles. The number of benzene rings is 1. The number of nitrogens with zero attached hydrogens (tertiary/aromatic N) is 1. The molecule has 1 atom stereocenters. The SMILES string of the molecule is CC(C)CCC(C)(O)CNCc1ccc([N+](=O)[O-])cc1. The molecule has 1 rings (SSSR count). The molecule has 0 amide bonds. The van der Waals surface area contributed by atoms with Crippen molar-refractivity contribution in [3.8, 4) is 0 Å². The first-order valence-electron chi connectivity index (χ1n) is 6.96. The molecule has 2 N–H and O–H groups in total. The molecule has 0 aliphatic rings. The summed E-state index contributed by atoms with van der Waals surface area (Å²) in [5.41, 5.74) is 0.346. The molecule has 0 heterocycles. The molecule has 0 saturated heterocycles. The van der Waals surface area contributed by atoms with Crippen molar-refractivity contribution in [3.05, 3.63) is 39.9 Å². The van der Waals surface area contributed by atoms with E-state index in [-0.39, 0.29) is 5.69 Å². The Balaban J connectivity index is 2.38. The van der Waals surface area contributed by atoms with Gasteiger partial charge in [0.25, 0.3) is 5.69 Å². The second-order valence-electron chi connectivity index (χ2n) is 5.96. The summed E-state index contributed by atoms with van der Waals surface area (Å²) >= 11 is 0. The van der Waals surface area contributed by atoms with Gasteiger partial charge in [0, 0.05) is 25.2 Å². The van der Waals surface area contributed by atoms with Crippen LogP contribution in [0.3, 0.4) is 0 Å². The molecule has 0 aliphatic heterocycles. The summed E-state index contributed by atoms with van der Waals surface area (Å²) < 4.78 is 0. The molecule has 0 saturated carbocycles. The fourth-order valence-electron chi connectivity index (χ4n) is 1.90. The number of nitro benzene ring substituents is 1. The van der Waals surface area contributed by atoms with Crippen molar-refractivity contribution in [2.75, 3.05) is 6.54 Å². The molecule has 1 aromatic rings. The van der Waals surface area contributed by atoms with E-state index in [1.165, 1.54) is 12.1 Å². The van der Waals surface area contributed by atoms with E-state index >= 15 is 0 Å². The van der Waals surface area contributed by atoms with E-state index in [0.717, 1.165) is 18.4 Å². The summed E-state index contributed by atoms with van der Waals surface area (Å²) in [6.45, 7) is 7.21. The Morgan fingerprint density at radius 2 is 1.95 bits per heavy atom. The molecule has 0 aromatic heterocycles. The van der Waals surface area contributed by atoms with Gasteiger partial charge in [0.15, 0.2) is 0 Å². The lowest BCUT2D eigenvalue weighted by Gasteiger charge is -2.24. The summed E-state index contributed by atoms with van der Waals surface area (Å²) in [6.07, 6.45) is 1.75. The van der Waals surface area contributed by atoms with Gasteiger partial charge in [0.05, 0.1) is 10.5 Å². The Kier molecular flexibility index (Phi) is 6.10. The molecule has 20 heavy (non-hydrogen) atoms. The van der Waals surface area contributed by atoms with Gasteiger partial charge < -0.3 is 10.4 Å². The minimum atomic E-state index is -0.717. The number of hydrogen-bond donors (Lipinski definition) is 2. The Morgan fingerprint density at radius 1 is 1.35 bits per heavy atom. The van der Waals surface area contributed by atoms with Crippen molar-refractivity contribution in [1.29, 1.82) is 0 Å². The first-order chi connectivity index (χ1) is 9.30. The first-order valence-corrected chi connectivity index (χ1v) is 6.96. The number of hydrogen-bond acceptors (Lipinski definition) is 4.